The monoisotopic (exact) mass is 445 g/mol. The van der Waals surface area contributed by atoms with E-state index in [1.54, 1.807) is 0 Å². The molecule has 1 aromatic heterocycles. The van der Waals surface area contributed by atoms with Crippen molar-refractivity contribution in [1.82, 2.24) is 4.98 Å². The van der Waals surface area contributed by atoms with Crippen molar-refractivity contribution in [2.45, 2.75) is 55.2 Å². The summed E-state index contributed by atoms with van der Waals surface area (Å²) < 4.78 is 0. The third-order valence-corrected chi connectivity index (χ3v) is 7.61. The maximum absolute atomic E-state index is 12.4. The molecule has 2 unspecified atom stereocenters. The van der Waals surface area contributed by atoms with E-state index in [0.717, 1.165) is 49.9 Å². The van der Waals surface area contributed by atoms with Crippen molar-refractivity contribution in [3.8, 4) is 6.07 Å². The van der Waals surface area contributed by atoms with Crippen LogP contribution in [0.15, 0.2) is 35.4 Å². The number of primary amides is 1. The van der Waals surface area contributed by atoms with Gasteiger partial charge in [0.2, 0.25) is 11.6 Å². The minimum absolute atomic E-state index is 0.213. The number of nitrogens with two attached hydrogens (primary N) is 1. The fourth-order valence-corrected chi connectivity index (χ4v) is 5.52. The lowest BCUT2D eigenvalue weighted by atomic mass is 9.95. The third kappa shape index (κ3) is 4.45. The van der Waals surface area contributed by atoms with Crippen molar-refractivity contribution in [1.29, 1.82) is 5.26 Å². The van der Waals surface area contributed by atoms with E-state index in [2.05, 4.69) is 22.7 Å². The molecule has 0 radical (unpaired) electrons. The maximum atomic E-state index is 12.4. The molecule has 1 aromatic carbocycles. The van der Waals surface area contributed by atoms with Gasteiger partial charge in [0.1, 0.15) is 22.2 Å². The minimum atomic E-state index is -0.653. The van der Waals surface area contributed by atoms with Crippen LogP contribution in [0.4, 0.5) is 11.5 Å². The topological polar surface area (TPSA) is 87.4 Å². The number of amides is 1. The van der Waals surface area contributed by atoms with Crippen LogP contribution in [-0.2, 0) is 4.79 Å². The standard InChI is InChI=1S/C25H27N5OS/c1-3-16-8-7-13-30(15-16)24-21(28-2)20(17-11-12-17)19(14-26)25(29-24)32-22(23(27)31)18-9-5-4-6-10-18/h4-6,9-10,16-17,22H,3,7-8,11-13,15H2,1H3,(H2,27,31). The predicted molar refractivity (Wildman–Crippen MR) is 127 cm³/mol. The van der Waals surface area contributed by atoms with E-state index in [-0.39, 0.29) is 5.92 Å². The molecule has 1 amide bonds. The van der Waals surface area contributed by atoms with E-state index >= 15 is 0 Å². The number of piperidine rings is 1. The number of hydrogen-bond acceptors (Lipinski definition) is 5. The highest BCUT2D eigenvalue weighted by atomic mass is 32.2. The van der Waals surface area contributed by atoms with E-state index in [9.17, 15) is 10.1 Å². The molecule has 164 valence electrons. The number of hydrogen-bond donors (Lipinski definition) is 1. The van der Waals surface area contributed by atoms with E-state index in [4.69, 9.17) is 17.3 Å². The zero-order valence-corrected chi connectivity index (χ0v) is 19.1. The van der Waals surface area contributed by atoms with Crippen molar-refractivity contribution in [2.75, 3.05) is 18.0 Å². The number of nitrogens with zero attached hydrogens (tertiary/aromatic N) is 4. The summed E-state index contributed by atoms with van der Waals surface area (Å²) in [5.74, 6) is 0.978. The van der Waals surface area contributed by atoms with Gasteiger partial charge in [-0.05, 0) is 48.6 Å². The third-order valence-electron chi connectivity index (χ3n) is 6.35. The molecule has 7 heteroatoms. The molecule has 2 atom stereocenters. The van der Waals surface area contributed by atoms with Crippen molar-refractivity contribution in [2.24, 2.45) is 11.7 Å². The Kier molecular flexibility index (Phi) is 6.67. The molecule has 0 spiro atoms. The number of aromatic nitrogens is 1. The number of nitriles is 1. The lowest BCUT2D eigenvalue weighted by molar-refractivity contribution is -0.117. The zero-order chi connectivity index (χ0) is 22.7. The molecule has 2 aromatic rings. The first-order chi connectivity index (χ1) is 15.6. The lowest BCUT2D eigenvalue weighted by Gasteiger charge is -2.34. The quantitative estimate of drug-likeness (QED) is 0.460. The Morgan fingerprint density at radius 1 is 1.38 bits per heavy atom. The average Bonchev–Trinajstić information content (AvgIpc) is 3.67. The van der Waals surface area contributed by atoms with Gasteiger partial charge in [-0.2, -0.15) is 5.26 Å². The van der Waals surface area contributed by atoms with Crippen LogP contribution in [0.3, 0.4) is 0 Å². The fraction of sp³-hybridized carbons (Fsp3) is 0.440. The summed E-state index contributed by atoms with van der Waals surface area (Å²) in [6, 6.07) is 11.7. The van der Waals surface area contributed by atoms with Crippen LogP contribution >= 0.6 is 11.8 Å². The number of benzene rings is 1. The summed E-state index contributed by atoms with van der Waals surface area (Å²) in [6.07, 6.45) is 5.29. The van der Waals surface area contributed by atoms with Crippen LogP contribution < -0.4 is 10.6 Å². The van der Waals surface area contributed by atoms with E-state index in [0.29, 0.717) is 28.0 Å². The van der Waals surface area contributed by atoms with Gasteiger partial charge in [-0.3, -0.25) is 4.79 Å². The number of anilines is 1. The summed E-state index contributed by atoms with van der Waals surface area (Å²) in [4.78, 5) is 23.3. The summed E-state index contributed by atoms with van der Waals surface area (Å²) >= 11 is 1.23. The highest BCUT2D eigenvalue weighted by Gasteiger charge is 2.35. The zero-order valence-electron chi connectivity index (χ0n) is 18.3. The summed E-state index contributed by atoms with van der Waals surface area (Å²) in [5, 5.41) is 9.91. The SMILES string of the molecule is [C-]#[N+]c1c(N2CCCC(CC)C2)nc(SC(C(N)=O)c2ccccc2)c(C#N)c1C1CC1. The van der Waals surface area contributed by atoms with Crippen LogP contribution in [0, 0.1) is 23.8 Å². The van der Waals surface area contributed by atoms with Gasteiger partial charge in [-0.25, -0.2) is 9.83 Å². The maximum Gasteiger partial charge on any atom is 0.235 e. The number of thioether (sulfide) groups is 1. The Morgan fingerprint density at radius 2 is 2.12 bits per heavy atom. The molecule has 2 N–H and O–H groups in total. The second-order valence-corrected chi connectivity index (χ2v) is 9.64. The Balaban J connectivity index is 1.83. The molecular formula is C25H27N5OS. The van der Waals surface area contributed by atoms with E-state index < -0.39 is 11.2 Å². The molecule has 1 aliphatic heterocycles. The van der Waals surface area contributed by atoms with E-state index in [1.807, 2.05) is 30.3 Å². The first-order valence-electron chi connectivity index (χ1n) is 11.2. The van der Waals surface area contributed by atoms with Gasteiger partial charge in [-0.1, -0.05) is 55.4 Å². The fourth-order valence-electron chi connectivity index (χ4n) is 4.47. The molecule has 1 saturated carbocycles. The van der Waals surface area contributed by atoms with Gasteiger partial charge in [0.15, 0.2) is 0 Å². The highest BCUT2D eigenvalue weighted by Crippen LogP contribution is 2.52. The molecule has 4 rings (SSSR count). The molecule has 6 nitrogen and oxygen atoms in total. The van der Waals surface area contributed by atoms with Gasteiger partial charge in [0, 0.05) is 13.1 Å². The molecule has 32 heavy (non-hydrogen) atoms. The van der Waals surface area contributed by atoms with Crippen LogP contribution in [0.1, 0.15) is 66.9 Å². The second kappa shape index (κ2) is 9.63. The van der Waals surface area contributed by atoms with Crippen LogP contribution in [-0.4, -0.2) is 24.0 Å². The molecular weight excluding hydrogens is 418 g/mol. The molecule has 1 aliphatic carbocycles. The summed E-state index contributed by atoms with van der Waals surface area (Å²) in [7, 11) is 0. The van der Waals surface area contributed by atoms with Gasteiger partial charge in [0.05, 0.1) is 12.1 Å². The predicted octanol–water partition coefficient (Wildman–Crippen LogP) is 5.33. The Bertz CT molecular complexity index is 1080. The van der Waals surface area contributed by atoms with Crippen molar-refractivity contribution in [3.05, 3.63) is 58.4 Å². The largest absolute Gasteiger partial charge is 0.368 e. The summed E-state index contributed by atoms with van der Waals surface area (Å²) in [5.41, 5.74) is 8.30. The van der Waals surface area contributed by atoms with Crippen molar-refractivity contribution < 1.29 is 4.79 Å². The Labute approximate surface area is 193 Å². The van der Waals surface area contributed by atoms with Crippen molar-refractivity contribution in [3.63, 3.8) is 0 Å². The molecule has 1 saturated heterocycles. The Morgan fingerprint density at radius 3 is 2.72 bits per heavy atom. The van der Waals surface area contributed by atoms with Crippen LogP contribution in [0.5, 0.6) is 0 Å². The molecule has 0 bridgehead atoms. The minimum Gasteiger partial charge on any atom is -0.368 e. The van der Waals surface area contributed by atoms with Crippen molar-refractivity contribution >= 4 is 29.2 Å². The molecule has 2 fully saturated rings. The molecule has 2 heterocycles. The van der Waals surface area contributed by atoms with Crippen LogP contribution in [0.25, 0.3) is 4.85 Å². The first kappa shape index (κ1) is 22.2. The Hall–Kier alpha value is -3.03. The number of pyridine rings is 1. The van der Waals surface area contributed by atoms with E-state index in [1.165, 1.54) is 18.2 Å². The molecule has 2 aliphatic rings. The highest BCUT2D eigenvalue weighted by molar-refractivity contribution is 8.00. The smallest absolute Gasteiger partial charge is 0.235 e. The summed E-state index contributed by atoms with van der Waals surface area (Å²) in [6.45, 7) is 11.8. The second-order valence-electron chi connectivity index (χ2n) is 8.55. The number of carbonyl (C=O) groups is 1. The lowest BCUT2D eigenvalue weighted by Crippen LogP contribution is -2.36. The average molecular weight is 446 g/mol. The van der Waals surface area contributed by atoms with Gasteiger partial charge < -0.3 is 10.6 Å². The number of rotatable bonds is 7. The van der Waals surface area contributed by atoms with Gasteiger partial charge in [0.25, 0.3) is 0 Å². The van der Waals surface area contributed by atoms with Crippen LogP contribution in [0.2, 0.25) is 0 Å². The van der Waals surface area contributed by atoms with Gasteiger partial charge in [-0.15, -0.1) is 0 Å². The first-order valence-corrected chi connectivity index (χ1v) is 12.1. The normalized spacial score (nSPS) is 19.1. The number of carbonyl (C=O) groups excluding carboxylic acids is 1. The van der Waals surface area contributed by atoms with Gasteiger partial charge >= 0.3 is 0 Å².